The fourth-order valence-electron chi connectivity index (χ4n) is 6.42. The van der Waals surface area contributed by atoms with Gasteiger partial charge in [-0.2, -0.15) is 0 Å². The van der Waals surface area contributed by atoms with E-state index < -0.39 is 0 Å². The fourth-order valence-corrected chi connectivity index (χ4v) is 6.69. The number of hydrogen-bond acceptors (Lipinski definition) is 4. The zero-order valence-corrected chi connectivity index (χ0v) is 32.1. The topological polar surface area (TPSA) is 24.9 Å². The minimum Gasteiger partial charge on any atom is -0.486 e. The van der Waals surface area contributed by atoms with Crippen LogP contribution in [0.15, 0.2) is 103 Å². The highest BCUT2D eigenvalue weighted by Crippen LogP contribution is 2.46. The number of benzene rings is 5. The third kappa shape index (κ3) is 7.51. The summed E-state index contributed by atoms with van der Waals surface area (Å²) in [6.45, 7) is 23.4. The van der Waals surface area contributed by atoms with E-state index >= 15 is 0 Å². The molecule has 0 atom stereocenters. The maximum atomic E-state index is 7.20. The van der Waals surface area contributed by atoms with E-state index in [0.717, 1.165) is 51.2 Å². The van der Waals surface area contributed by atoms with Crippen LogP contribution in [0.25, 0.3) is 0 Å². The Balaban J connectivity index is 1.54. The van der Waals surface area contributed by atoms with Gasteiger partial charge in [0.1, 0.15) is 13.2 Å². The van der Waals surface area contributed by atoms with E-state index in [1.807, 2.05) is 6.07 Å². The SMILES string of the molecule is Cc1cc(N(c2ccc(C(C)(C)C)cc2)c2ccc(C(C)(C)C)cc2)cc(N(c2ccc3c(c2)OCCO3)c2ccc(C(C)(C)C)cc2Cl)c1. The second-order valence-electron chi connectivity index (χ2n) is 16.5. The van der Waals surface area contributed by atoms with Crippen molar-refractivity contribution in [2.45, 2.75) is 85.5 Å². The van der Waals surface area contributed by atoms with Gasteiger partial charge < -0.3 is 19.3 Å². The zero-order valence-electron chi connectivity index (χ0n) is 31.3. The first kappa shape index (κ1) is 35.4. The molecule has 0 unspecified atom stereocenters. The quantitative estimate of drug-likeness (QED) is 0.177. The third-order valence-corrected chi connectivity index (χ3v) is 9.69. The minimum atomic E-state index is -0.0356. The molecule has 1 aliphatic rings. The average molecular weight is 687 g/mol. The Morgan fingerprint density at radius 3 is 1.42 bits per heavy atom. The van der Waals surface area contributed by atoms with Gasteiger partial charge in [0.05, 0.1) is 16.4 Å². The van der Waals surface area contributed by atoms with Gasteiger partial charge in [0.15, 0.2) is 11.5 Å². The molecule has 1 heterocycles. The van der Waals surface area contributed by atoms with Crippen LogP contribution in [0.2, 0.25) is 5.02 Å². The predicted octanol–water partition coefficient (Wildman–Crippen LogP) is 13.3. The van der Waals surface area contributed by atoms with Crippen LogP contribution in [0.1, 0.15) is 84.6 Å². The molecule has 5 aromatic carbocycles. The molecule has 0 bridgehead atoms. The van der Waals surface area contributed by atoms with Gasteiger partial charge in [-0.1, -0.05) is 104 Å². The van der Waals surface area contributed by atoms with Crippen molar-refractivity contribution in [1.29, 1.82) is 0 Å². The highest BCUT2D eigenvalue weighted by atomic mass is 35.5. The number of fused-ring (bicyclic) bond motifs is 1. The highest BCUT2D eigenvalue weighted by Gasteiger charge is 2.24. The van der Waals surface area contributed by atoms with Crippen molar-refractivity contribution in [3.8, 4) is 11.5 Å². The molecule has 0 radical (unpaired) electrons. The first-order valence-corrected chi connectivity index (χ1v) is 18.0. The number of nitrogens with zero attached hydrogens (tertiary/aromatic N) is 2. The van der Waals surface area contributed by atoms with Gasteiger partial charge in [-0.3, -0.25) is 0 Å². The standard InChI is InChI=1S/C45H51ClN2O2/c1-30-25-37(47(34-16-11-31(12-17-34)43(2,3)4)35-18-13-32(14-19-35)44(5,6)7)28-38(26-30)48(36-20-22-41-42(29-36)50-24-23-49-41)40-21-15-33(27-39(40)46)45(8,9)10/h11-22,25-29H,23-24H2,1-10H3. The van der Waals surface area contributed by atoms with E-state index in [9.17, 15) is 0 Å². The van der Waals surface area contributed by atoms with Gasteiger partial charge in [-0.05, 0) is 112 Å². The van der Waals surface area contributed by atoms with Crippen LogP contribution in [-0.4, -0.2) is 13.2 Å². The molecule has 0 aromatic heterocycles. The molecule has 50 heavy (non-hydrogen) atoms. The second kappa shape index (κ2) is 13.4. The van der Waals surface area contributed by atoms with E-state index in [4.69, 9.17) is 21.1 Å². The summed E-state index contributed by atoms with van der Waals surface area (Å²) in [7, 11) is 0. The molecule has 0 N–H and O–H groups in total. The van der Waals surface area contributed by atoms with Gasteiger partial charge in [-0.15, -0.1) is 0 Å². The summed E-state index contributed by atoms with van der Waals surface area (Å²) in [5.41, 5.74) is 11.0. The maximum absolute atomic E-state index is 7.20. The van der Waals surface area contributed by atoms with Crippen LogP contribution in [0, 0.1) is 6.92 Å². The normalized spacial score (nSPS) is 13.3. The van der Waals surface area contributed by atoms with Gasteiger partial charge >= 0.3 is 0 Å². The van der Waals surface area contributed by atoms with E-state index in [1.54, 1.807) is 0 Å². The van der Waals surface area contributed by atoms with Gasteiger partial charge in [0, 0.05) is 28.8 Å². The molecule has 1 aliphatic heterocycles. The molecule has 4 nitrogen and oxygen atoms in total. The average Bonchev–Trinajstić information content (AvgIpc) is 3.05. The first-order chi connectivity index (χ1) is 23.5. The predicted molar refractivity (Wildman–Crippen MR) is 213 cm³/mol. The van der Waals surface area contributed by atoms with Crippen LogP contribution >= 0.6 is 11.6 Å². The molecular formula is C45H51ClN2O2. The Bertz CT molecular complexity index is 1920. The Morgan fingerprint density at radius 1 is 0.460 bits per heavy atom. The van der Waals surface area contributed by atoms with Crippen LogP contribution in [0.3, 0.4) is 0 Å². The third-order valence-electron chi connectivity index (χ3n) is 9.38. The van der Waals surface area contributed by atoms with Gasteiger partial charge in [0.25, 0.3) is 0 Å². The Morgan fingerprint density at radius 2 is 0.920 bits per heavy atom. The molecule has 0 aliphatic carbocycles. The lowest BCUT2D eigenvalue weighted by molar-refractivity contribution is 0.171. The number of halogens is 1. The van der Waals surface area contributed by atoms with Crippen LogP contribution < -0.4 is 19.3 Å². The summed E-state index contributed by atoms with van der Waals surface area (Å²) in [6.07, 6.45) is 0. The van der Waals surface area contributed by atoms with Crippen LogP contribution in [0.4, 0.5) is 34.1 Å². The van der Waals surface area contributed by atoms with Crippen LogP contribution in [-0.2, 0) is 16.2 Å². The molecular weight excluding hydrogens is 636 g/mol. The molecule has 0 spiro atoms. The van der Waals surface area contributed by atoms with Crippen molar-refractivity contribution in [3.63, 3.8) is 0 Å². The van der Waals surface area contributed by atoms with Gasteiger partial charge in [0.2, 0.25) is 0 Å². The summed E-state index contributed by atoms with van der Waals surface area (Å²) in [4.78, 5) is 4.58. The lowest BCUT2D eigenvalue weighted by Gasteiger charge is -2.32. The number of aryl methyl sites for hydroxylation is 1. The van der Waals surface area contributed by atoms with E-state index in [1.165, 1.54) is 16.7 Å². The van der Waals surface area contributed by atoms with Crippen molar-refractivity contribution >= 4 is 45.7 Å². The van der Waals surface area contributed by atoms with Gasteiger partial charge in [-0.25, -0.2) is 0 Å². The van der Waals surface area contributed by atoms with E-state index in [0.29, 0.717) is 18.2 Å². The monoisotopic (exact) mass is 686 g/mol. The molecule has 0 saturated carbocycles. The number of anilines is 6. The molecule has 6 rings (SSSR count). The maximum Gasteiger partial charge on any atom is 0.163 e. The Hall–Kier alpha value is -4.41. The van der Waals surface area contributed by atoms with E-state index in [2.05, 4.69) is 176 Å². The second-order valence-corrected chi connectivity index (χ2v) is 16.9. The first-order valence-electron chi connectivity index (χ1n) is 17.6. The number of rotatable bonds is 6. The summed E-state index contributed by atoms with van der Waals surface area (Å²) < 4.78 is 12.0. The summed E-state index contributed by atoms with van der Waals surface area (Å²) in [5, 5.41) is 0.683. The zero-order chi connectivity index (χ0) is 36.0. The molecule has 0 fully saturated rings. The summed E-state index contributed by atoms with van der Waals surface area (Å²) in [5.74, 6) is 1.48. The van der Waals surface area contributed by atoms with Crippen molar-refractivity contribution in [2.24, 2.45) is 0 Å². The smallest absolute Gasteiger partial charge is 0.163 e. The number of hydrogen-bond donors (Lipinski definition) is 0. The summed E-state index contributed by atoms with van der Waals surface area (Å²) in [6, 6.07) is 37.2. The number of ether oxygens (including phenoxy) is 2. The molecule has 0 amide bonds. The van der Waals surface area contributed by atoms with Crippen molar-refractivity contribution < 1.29 is 9.47 Å². The summed E-state index contributed by atoms with van der Waals surface area (Å²) >= 11 is 7.20. The lowest BCUT2D eigenvalue weighted by Crippen LogP contribution is -2.17. The molecule has 5 aromatic rings. The Kier molecular flexibility index (Phi) is 9.47. The minimum absolute atomic E-state index is 0.0356. The lowest BCUT2D eigenvalue weighted by atomic mass is 9.86. The highest BCUT2D eigenvalue weighted by molar-refractivity contribution is 6.33. The fraction of sp³-hybridized carbons (Fsp3) is 0.333. The van der Waals surface area contributed by atoms with Crippen molar-refractivity contribution in [3.05, 3.63) is 130 Å². The Labute approximate surface area is 304 Å². The largest absolute Gasteiger partial charge is 0.486 e. The molecule has 5 heteroatoms. The van der Waals surface area contributed by atoms with Crippen LogP contribution in [0.5, 0.6) is 11.5 Å². The molecule has 260 valence electrons. The van der Waals surface area contributed by atoms with Crippen molar-refractivity contribution in [2.75, 3.05) is 23.0 Å². The van der Waals surface area contributed by atoms with Crippen molar-refractivity contribution in [1.82, 2.24) is 0 Å². The van der Waals surface area contributed by atoms with E-state index in [-0.39, 0.29) is 16.2 Å². The molecule has 0 saturated heterocycles.